The Kier molecular flexibility index (Phi) is 6.07. The molecular weight excluding hydrogens is 326 g/mol. The number of esters is 1. The number of β-amino-alcohol motifs (C(OH)–C–C–N with tert-alkyl or cyclic N) is 1. The normalized spacial score (nSPS) is 23.5. The first-order valence-corrected chi connectivity index (χ1v) is 9.29. The van der Waals surface area contributed by atoms with Crippen LogP contribution in [0.15, 0.2) is 60.7 Å². The number of carbonyl (C=O) groups is 1. The van der Waals surface area contributed by atoms with Crippen molar-refractivity contribution in [3.8, 4) is 0 Å². The molecule has 2 unspecified atom stereocenters. The lowest BCUT2D eigenvalue weighted by atomic mass is 9.71. The average Bonchev–Trinajstić information content (AvgIpc) is 2.66. The Morgan fingerprint density at radius 1 is 1.12 bits per heavy atom. The largest absolute Gasteiger partial charge is 0.465 e. The van der Waals surface area contributed by atoms with Crippen molar-refractivity contribution >= 4 is 5.97 Å². The van der Waals surface area contributed by atoms with Gasteiger partial charge in [0.25, 0.3) is 0 Å². The highest BCUT2D eigenvalue weighted by atomic mass is 16.5. The Balaban J connectivity index is 1.76. The Labute approximate surface area is 155 Å². The van der Waals surface area contributed by atoms with Crippen LogP contribution in [0.3, 0.4) is 0 Å². The Morgan fingerprint density at radius 3 is 2.31 bits per heavy atom. The zero-order valence-electron chi connectivity index (χ0n) is 15.3. The van der Waals surface area contributed by atoms with Gasteiger partial charge in [-0.2, -0.15) is 0 Å². The fraction of sp³-hybridized carbons (Fsp3) is 0.409. The lowest BCUT2D eigenvalue weighted by Crippen LogP contribution is -2.56. The molecule has 1 saturated heterocycles. The van der Waals surface area contributed by atoms with Crippen molar-refractivity contribution in [2.45, 2.75) is 32.4 Å². The minimum atomic E-state index is -0.870. The summed E-state index contributed by atoms with van der Waals surface area (Å²) in [5, 5.41) is 11.0. The summed E-state index contributed by atoms with van der Waals surface area (Å²) in [7, 11) is 0. The van der Waals surface area contributed by atoms with E-state index in [9.17, 15) is 9.90 Å². The molecule has 1 heterocycles. The van der Waals surface area contributed by atoms with E-state index in [4.69, 9.17) is 4.74 Å². The highest BCUT2D eigenvalue weighted by molar-refractivity contribution is 5.78. The molecule has 1 aliphatic rings. The molecule has 1 aliphatic heterocycles. The molecule has 0 radical (unpaired) electrons. The maximum atomic E-state index is 12.8. The Bertz CT molecular complexity index is 704. The second-order valence-corrected chi connectivity index (χ2v) is 7.03. The van der Waals surface area contributed by atoms with Crippen molar-refractivity contribution in [1.82, 2.24) is 4.90 Å². The van der Waals surface area contributed by atoms with Crippen LogP contribution in [0.2, 0.25) is 0 Å². The first kappa shape index (κ1) is 18.6. The van der Waals surface area contributed by atoms with E-state index in [0.29, 0.717) is 26.0 Å². The quantitative estimate of drug-likeness (QED) is 0.811. The van der Waals surface area contributed by atoms with Gasteiger partial charge in [-0.3, -0.25) is 9.69 Å². The van der Waals surface area contributed by atoms with Gasteiger partial charge in [0.1, 0.15) is 5.41 Å². The SMILES string of the molecule is CCOC(=O)C1(Cc2ccccc2)CCN(Cc2ccccc2)CC1O. The van der Waals surface area contributed by atoms with Gasteiger partial charge in [0.15, 0.2) is 0 Å². The third kappa shape index (κ3) is 4.14. The molecule has 0 spiro atoms. The summed E-state index contributed by atoms with van der Waals surface area (Å²) in [6, 6.07) is 20.1. The fourth-order valence-electron chi connectivity index (χ4n) is 3.77. The zero-order chi connectivity index (χ0) is 18.4. The van der Waals surface area contributed by atoms with E-state index < -0.39 is 11.5 Å². The number of nitrogens with zero attached hydrogens (tertiary/aromatic N) is 1. The average molecular weight is 353 g/mol. The van der Waals surface area contributed by atoms with Crippen LogP contribution in [0.4, 0.5) is 0 Å². The van der Waals surface area contributed by atoms with Gasteiger partial charge in [-0.15, -0.1) is 0 Å². The van der Waals surface area contributed by atoms with Gasteiger partial charge in [0.2, 0.25) is 0 Å². The van der Waals surface area contributed by atoms with E-state index in [1.807, 2.05) is 55.5 Å². The molecular formula is C22H27NO3. The second kappa shape index (κ2) is 8.47. The van der Waals surface area contributed by atoms with Crippen LogP contribution >= 0.6 is 0 Å². The number of rotatable bonds is 6. The van der Waals surface area contributed by atoms with E-state index in [1.54, 1.807) is 0 Å². The van der Waals surface area contributed by atoms with Crippen LogP contribution in [-0.4, -0.2) is 41.8 Å². The summed E-state index contributed by atoms with van der Waals surface area (Å²) in [5.74, 6) is -0.282. The van der Waals surface area contributed by atoms with Gasteiger partial charge in [-0.25, -0.2) is 0 Å². The molecule has 26 heavy (non-hydrogen) atoms. The number of aliphatic hydroxyl groups excluding tert-OH is 1. The molecule has 3 rings (SSSR count). The van der Waals surface area contributed by atoms with Gasteiger partial charge < -0.3 is 9.84 Å². The number of likely N-dealkylation sites (tertiary alicyclic amines) is 1. The smallest absolute Gasteiger partial charge is 0.315 e. The molecule has 2 aromatic carbocycles. The van der Waals surface area contributed by atoms with E-state index in [0.717, 1.165) is 18.7 Å². The summed E-state index contributed by atoms with van der Waals surface area (Å²) >= 11 is 0. The van der Waals surface area contributed by atoms with Crippen molar-refractivity contribution in [3.05, 3.63) is 71.8 Å². The van der Waals surface area contributed by atoms with Crippen LogP contribution in [-0.2, 0) is 22.5 Å². The van der Waals surface area contributed by atoms with Gasteiger partial charge in [-0.1, -0.05) is 60.7 Å². The predicted octanol–water partition coefficient (Wildman–Crippen LogP) is 3.05. The maximum Gasteiger partial charge on any atom is 0.315 e. The van der Waals surface area contributed by atoms with Crippen molar-refractivity contribution < 1.29 is 14.6 Å². The van der Waals surface area contributed by atoms with Gasteiger partial charge in [-0.05, 0) is 37.4 Å². The Morgan fingerprint density at radius 2 is 1.73 bits per heavy atom. The summed E-state index contributed by atoms with van der Waals surface area (Å²) in [5.41, 5.74) is 1.40. The predicted molar refractivity (Wildman–Crippen MR) is 102 cm³/mol. The van der Waals surface area contributed by atoms with Crippen LogP contribution in [0.1, 0.15) is 24.5 Å². The zero-order valence-corrected chi connectivity index (χ0v) is 15.3. The topological polar surface area (TPSA) is 49.8 Å². The van der Waals surface area contributed by atoms with Crippen molar-refractivity contribution in [3.63, 3.8) is 0 Å². The molecule has 2 aromatic rings. The molecule has 1 fully saturated rings. The summed E-state index contributed by atoms with van der Waals surface area (Å²) in [4.78, 5) is 15.0. The minimum absolute atomic E-state index is 0.282. The lowest BCUT2D eigenvalue weighted by Gasteiger charge is -2.43. The van der Waals surface area contributed by atoms with Crippen LogP contribution in [0, 0.1) is 5.41 Å². The molecule has 0 bridgehead atoms. The minimum Gasteiger partial charge on any atom is -0.465 e. The van der Waals surface area contributed by atoms with Crippen LogP contribution in [0.5, 0.6) is 0 Å². The highest BCUT2D eigenvalue weighted by Gasteiger charge is 2.49. The van der Waals surface area contributed by atoms with Crippen molar-refractivity contribution in [2.75, 3.05) is 19.7 Å². The molecule has 0 saturated carbocycles. The first-order chi connectivity index (χ1) is 12.6. The van der Waals surface area contributed by atoms with Gasteiger partial charge in [0.05, 0.1) is 12.7 Å². The Hall–Kier alpha value is -2.17. The number of piperidine rings is 1. The third-order valence-corrected chi connectivity index (χ3v) is 5.24. The summed E-state index contributed by atoms with van der Waals surface area (Å²) in [6.07, 6.45) is 0.348. The standard InChI is InChI=1S/C22H27NO3/c1-2-26-21(25)22(15-18-9-5-3-6-10-18)13-14-23(17-20(22)24)16-19-11-7-4-8-12-19/h3-12,20,24H,2,13-17H2,1H3. The number of aliphatic hydroxyl groups is 1. The molecule has 138 valence electrons. The number of hydrogen-bond donors (Lipinski definition) is 1. The van der Waals surface area contributed by atoms with E-state index in [2.05, 4.69) is 17.0 Å². The number of benzene rings is 2. The number of hydrogen-bond acceptors (Lipinski definition) is 4. The maximum absolute atomic E-state index is 12.8. The van der Waals surface area contributed by atoms with Crippen molar-refractivity contribution in [2.24, 2.45) is 5.41 Å². The first-order valence-electron chi connectivity index (χ1n) is 9.29. The number of carbonyl (C=O) groups excluding carboxylic acids is 1. The van der Waals surface area contributed by atoms with E-state index in [1.165, 1.54) is 5.56 Å². The fourth-order valence-corrected chi connectivity index (χ4v) is 3.77. The van der Waals surface area contributed by atoms with Gasteiger partial charge in [0, 0.05) is 13.1 Å². The monoisotopic (exact) mass is 353 g/mol. The van der Waals surface area contributed by atoms with Gasteiger partial charge >= 0.3 is 5.97 Å². The molecule has 4 heteroatoms. The number of ether oxygens (including phenoxy) is 1. The molecule has 0 aromatic heterocycles. The van der Waals surface area contributed by atoms with E-state index >= 15 is 0 Å². The van der Waals surface area contributed by atoms with Crippen molar-refractivity contribution in [1.29, 1.82) is 0 Å². The molecule has 2 atom stereocenters. The lowest BCUT2D eigenvalue weighted by molar-refractivity contribution is -0.169. The van der Waals surface area contributed by atoms with Crippen LogP contribution < -0.4 is 0 Å². The highest BCUT2D eigenvalue weighted by Crippen LogP contribution is 2.37. The second-order valence-electron chi connectivity index (χ2n) is 7.03. The van der Waals surface area contributed by atoms with Crippen LogP contribution in [0.25, 0.3) is 0 Å². The van der Waals surface area contributed by atoms with E-state index in [-0.39, 0.29) is 5.97 Å². The molecule has 0 aliphatic carbocycles. The summed E-state index contributed by atoms with van der Waals surface area (Å²) < 4.78 is 5.36. The summed E-state index contributed by atoms with van der Waals surface area (Å²) in [6.45, 7) is 4.15. The molecule has 4 nitrogen and oxygen atoms in total. The molecule has 0 amide bonds. The molecule has 1 N–H and O–H groups in total. The third-order valence-electron chi connectivity index (χ3n) is 5.24.